The van der Waals surface area contributed by atoms with Gasteiger partial charge in [-0.3, -0.25) is 10.1 Å². The summed E-state index contributed by atoms with van der Waals surface area (Å²) in [7, 11) is 0. The summed E-state index contributed by atoms with van der Waals surface area (Å²) in [6, 6.07) is 8.63. The molecule has 0 saturated heterocycles. The van der Waals surface area contributed by atoms with Crippen LogP contribution in [0.4, 0.5) is 17.1 Å². The standard InChI is InChI=1S/C14H11ClN2O4/c1-8-2-3-9(6-12(8)15)16-13-7-10(17(20)21)4-5-11(13)14(18)19/h2-7,16H,1H3,(H,18,19). The van der Waals surface area contributed by atoms with E-state index in [1.54, 1.807) is 18.2 Å². The zero-order chi connectivity index (χ0) is 15.6. The second kappa shape index (κ2) is 5.80. The fourth-order valence-corrected chi connectivity index (χ4v) is 1.94. The average Bonchev–Trinajstić information content (AvgIpc) is 2.42. The lowest BCUT2D eigenvalue weighted by Crippen LogP contribution is -2.03. The molecule has 0 saturated carbocycles. The van der Waals surface area contributed by atoms with Gasteiger partial charge in [0.25, 0.3) is 5.69 Å². The molecule has 6 nitrogen and oxygen atoms in total. The Labute approximate surface area is 125 Å². The van der Waals surface area contributed by atoms with E-state index in [0.29, 0.717) is 10.7 Å². The number of carbonyl (C=O) groups is 1. The number of carboxylic acids is 1. The van der Waals surface area contributed by atoms with E-state index in [0.717, 1.165) is 11.6 Å². The van der Waals surface area contributed by atoms with Crippen LogP contribution >= 0.6 is 11.6 Å². The molecule has 2 aromatic rings. The lowest BCUT2D eigenvalue weighted by Gasteiger charge is -2.10. The van der Waals surface area contributed by atoms with Crippen molar-refractivity contribution in [2.75, 3.05) is 5.32 Å². The minimum atomic E-state index is -1.18. The molecule has 0 aliphatic heterocycles. The molecule has 0 atom stereocenters. The summed E-state index contributed by atoms with van der Waals surface area (Å²) in [6.07, 6.45) is 0. The molecule has 0 fully saturated rings. The van der Waals surface area contributed by atoms with Gasteiger partial charge in [-0.05, 0) is 30.7 Å². The number of anilines is 2. The topological polar surface area (TPSA) is 92.5 Å². The smallest absolute Gasteiger partial charge is 0.337 e. The molecule has 21 heavy (non-hydrogen) atoms. The summed E-state index contributed by atoms with van der Waals surface area (Å²) in [5.74, 6) is -1.18. The summed E-state index contributed by atoms with van der Waals surface area (Å²) in [4.78, 5) is 21.4. The van der Waals surface area contributed by atoms with E-state index in [4.69, 9.17) is 16.7 Å². The maximum Gasteiger partial charge on any atom is 0.337 e. The fraction of sp³-hybridized carbons (Fsp3) is 0.0714. The van der Waals surface area contributed by atoms with Crippen LogP contribution in [0, 0.1) is 17.0 Å². The summed E-state index contributed by atoms with van der Waals surface area (Å²) in [5, 5.41) is 23.3. The van der Waals surface area contributed by atoms with Crippen LogP contribution in [0.3, 0.4) is 0 Å². The summed E-state index contributed by atoms with van der Waals surface area (Å²) < 4.78 is 0. The molecule has 0 aliphatic carbocycles. The summed E-state index contributed by atoms with van der Waals surface area (Å²) in [5.41, 5.74) is 1.31. The number of halogens is 1. The highest BCUT2D eigenvalue weighted by molar-refractivity contribution is 6.31. The molecule has 0 aliphatic rings. The van der Waals surface area contributed by atoms with Crippen LogP contribution in [-0.4, -0.2) is 16.0 Å². The van der Waals surface area contributed by atoms with Crippen molar-refractivity contribution in [3.63, 3.8) is 0 Å². The average molecular weight is 307 g/mol. The Morgan fingerprint density at radius 2 is 2.00 bits per heavy atom. The Hall–Kier alpha value is -2.60. The number of nitro groups is 1. The largest absolute Gasteiger partial charge is 0.478 e. The second-order valence-corrected chi connectivity index (χ2v) is 4.79. The number of hydrogen-bond acceptors (Lipinski definition) is 4. The van der Waals surface area contributed by atoms with E-state index < -0.39 is 10.9 Å². The van der Waals surface area contributed by atoms with Gasteiger partial charge in [0.1, 0.15) is 0 Å². The highest BCUT2D eigenvalue weighted by Crippen LogP contribution is 2.28. The number of nitrogens with zero attached hydrogens (tertiary/aromatic N) is 1. The molecule has 0 heterocycles. The van der Waals surface area contributed by atoms with Crippen LogP contribution < -0.4 is 5.32 Å². The number of carboxylic acid groups (broad SMARTS) is 1. The van der Waals surface area contributed by atoms with Gasteiger partial charge in [0.15, 0.2) is 0 Å². The van der Waals surface area contributed by atoms with Gasteiger partial charge >= 0.3 is 5.97 Å². The van der Waals surface area contributed by atoms with E-state index in [1.165, 1.54) is 12.1 Å². The zero-order valence-corrected chi connectivity index (χ0v) is 11.7. The maximum atomic E-state index is 11.2. The third kappa shape index (κ3) is 3.29. The van der Waals surface area contributed by atoms with Gasteiger partial charge in [0.2, 0.25) is 0 Å². The molecule has 2 N–H and O–H groups in total. The predicted molar refractivity (Wildman–Crippen MR) is 79.5 cm³/mol. The minimum Gasteiger partial charge on any atom is -0.478 e. The van der Waals surface area contributed by atoms with Crippen LogP contribution in [0.15, 0.2) is 36.4 Å². The number of nitro benzene ring substituents is 1. The second-order valence-electron chi connectivity index (χ2n) is 4.38. The molecule has 2 aromatic carbocycles. The Bertz CT molecular complexity index is 731. The molecule has 7 heteroatoms. The number of benzene rings is 2. The number of non-ortho nitro benzene ring substituents is 1. The first-order valence-corrected chi connectivity index (χ1v) is 6.31. The first-order chi connectivity index (χ1) is 9.88. The normalized spacial score (nSPS) is 10.2. The molecule has 0 bridgehead atoms. The van der Waals surface area contributed by atoms with Crippen LogP contribution in [0.5, 0.6) is 0 Å². The van der Waals surface area contributed by atoms with E-state index in [2.05, 4.69) is 5.32 Å². The van der Waals surface area contributed by atoms with Crippen LogP contribution in [-0.2, 0) is 0 Å². The van der Waals surface area contributed by atoms with Gasteiger partial charge in [0, 0.05) is 22.8 Å². The van der Waals surface area contributed by atoms with Crippen molar-refractivity contribution in [1.29, 1.82) is 0 Å². The number of aromatic carboxylic acids is 1. The monoisotopic (exact) mass is 306 g/mol. The third-order valence-electron chi connectivity index (χ3n) is 2.90. The van der Waals surface area contributed by atoms with Gasteiger partial charge in [-0.2, -0.15) is 0 Å². The molecular weight excluding hydrogens is 296 g/mol. The third-order valence-corrected chi connectivity index (χ3v) is 3.30. The summed E-state index contributed by atoms with van der Waals surface area (Å²) >= 11 is 6.00. The van der Waals surface area contributed by atoms with E-state index in [1.807, 2.05) is 6.92 Å². The Morgan fingerprint density at radius 3 is 2.57 bits per heavy atom. The highest BCUT2D eigenvalue weighted by Gasteiger charge is 2.15. The Kier molecular flexibility index (Phi) is 4.09. The van der Waals surface area contributed by atoms with Crippen molar-refractivity contribution in [3.8, 4) is 0 Å². The van der Waals surface area contributed by atoms with Gasteiger partial charge in [-0.15, -0.1) is 0 Å². The molecule has 2 rings (SSSR count). The molecule has 0 unspecified atom stereocenters. The van der Waals surface area contributed by atoms with Crippen molar-refractivity contribution in [1.82, 2.24) is 0 Å². The Morgan fingerprint density at radius 1 is 1.29 bits per heavy atom. The van der Waals surface area contributed by atoms with Crippen molar-refractivity contribution in [2.45, 2.75) is 6.92 Å². The number of nitrogens with one attached hydrogen (secondary N) is 1. The van der Waals surface area contributed by atoms with Crippen molar-refractivity contribution >= 4 is 34.6 Å². The minimum absolute atomic E-state index is 0.0581. The van der Waals surface area contributed by atoms with Crippen LogP contribution in [0.25, 0.3) is 0 Å². The van der Waals surface area contributed by atoms with Crippen molar-refractivity contribution < 1.29 is 14.8 Å². The molecule has 0 spiro atoms. The van der Waals surface area contributed by atoms with Crippen molar-refractivity contribution in [2.24, 2.45) is 0 Å². The van der Waals surface area contributed by atoms with Gasteiger partial charge in [-0.25, -0.2) is 4.79 Å². The van der Waals surface area contributed by atoms with Gasteiger partial charge in [0.05, 0.1) is 16.2 Å². The molecular formula is C14H11ClN2O4. The lowest BCUT2D eigenvalue weighted by molar-refractivity contribution is -0.384. The van der Waals surface area contributed by atoms with Gasteiger partial charge in [-0.1, -0.05) is 17.7 Å². The molecule has 0 amide bonds. The molecule has 0 aromatic heterocycles. The predicted octanol–water partition coefficient (Wildman–Crippen LogP) is 4.00. The quantitative estimate of drug-likeness (QED) is 0.658. The Balaban J connectivity index is 2.45. The van der Waals surface area contributed by atoms with E-state index >= 15 is 0 Å². The van der Waals surface area contributed by atoms with E-state index in [-0.39, 0.29) is 16.9 Å². The van der Waals surface area contributed by atoms with Crippen LogP contribution in [0.2, 0.25) is 5.02 Å². The fourth-order valence-electron chi connectivity index (χ4n) is 1.76. The highest BCUT2D eigenvalue weighted by atomic mass is 35.5. The number of hydrogen-bond donors (Lipinski definition) is 2. The first kappa shape index (κ1) is 14.8. The number of rotatable bonds is 4. The van der Waals surface area contributed by atoms with Gasteiger partial charge < -0.3 is 10.4 Å². The number of aryl methyl sites for hydroxylation is 1. The zero-order valence-electron chi connectivity index (χ0n) is 11.0. The summed E-state index contributed by atoms with van der Waals surface area (Å²) in [6.45, 7) is 1.84. The molecule has 0 radical (unpaired) electrons. The van der Waals surface area contributed by atoms with Crippen molar-refractivity contribution in [3.05, 3.63) is 62.7 Å². The SMILES string of the molecule is Cc1ccc(Nc2cc([N+](=O)[O-])ccc2C(=O)O)cc1Cl. The first-order valence-electron chi connectivity index (χ1n) is 5.93. The van der Waals surface area contributed by atoms with Crippen LogP contribution in [0.1, 0.15) is 15.9 Å². The maximum absolute atomic E-state index is 11.2. The molecule has 108 valence electrons. The van der Waals surface area contributed by atoms with E-state index in [9.17, 15) is 14.9 Å². The lowest BCUT2D eigenvalue weighted by atomic mass is 10.1.